The SMILES string of the molecule is O=C(O)C1(c2ccccc2)OC(c2ccccc2)c2ccccc21. The van der Waals surface area contributed by atoms with Crippen molar-refractivity contribution < 1.29 is 14.6 Å². The van der Waals surface area contributed by atoms with Gasteiger partial charge in [0, 0.05) is 5.56 Å². The summed E-state index contributed by atoms with van der Waals surface area (Å²) >= 11 is 0. The molecule has 2 atom stereocenters. The van der Waals surface area contributed by atoms with Gasteiger partial charge in [0.1, 0.15) is 6.10 Å². The number of carboxylic acids is 1. The molecule has 1 heterocycles. The summed E-state index contributed by atoms with van der Waals surface area (Å²) in [5.41, 5.74) is 1.68. The zero-order chi connectivity index (χ0) is 16.6. The van der Waals surface area contributed by atoms with Crippen LogP contribution in [0.5, 0.6) is 0 Å². The maximum absolute atomic E-state index is 12.3. The van der Waals surface area contributed by atoms with Crippen molar-refractivity contribution in [3.8, 4) is 0 Å². The van der Waals surface area contributed by atoms with E-state index in [0.29, 0.717) is 11.1 Å². The topological polar surface area (TPSA) is 46.5 Å². The molecule has 4 rings (SSSR count). The Morgan fingerprint density at radius 3 is 2.08 bits per heavy atom. The lowest BCUT2D eigenvalue weighted by molar-refractivity contribution is -0.162. The van der Waals surface area contributed by atoms with Crippen LogP contribution in [0.4, 0.5) is 0 Å². The van der Waals surface area contributed by atoms with E-state index >= 15 is 0 Å². The fourth-order valence-corrected chi connectivity index (χ4v) is 3.41. The summed E-state index contributed by atoms with van der Waals surface area (Å²) in [5.74, 6) is -1.00. The van der Waals surface area contributed by atoms with Gasteiger partial charge >= 0.3 is 5.97 Å². The first-order valence-corrected chi connectivity index (χ1v) is 7.84. The lowest BCUT2D eigenvalue weighted by Crippen LogP contribution is -2.37. The third kappa shape index (κ3) is 2.06. The molecule has 0 amide bonds. The van der Waals surface area contributed by atoms with E-state index in [4.69, 9.17) is 4.74 Å². The molecule has 0 saturated carbocycles. The number of carboxylic acid groups (broad SMARTS) is 1. The Hall–Kier alpha value is -2.91. The molecule has 118 valence electrons. The highest BCUT2D eigenvalue weighted by atomic mass is 16.5. The first-order valence-electron chi connectivity index (χ1n) is 7.84. The molecule has 0 radical (unpaired) electrons. The zero-order valence-corrected chi connectivity index (χ0v) is 12.9. The van der Waals surface area contributed by atoms with E-state index in [1.165, 1.54) is 0 Å². The second-order valence-corrected chi connectivity index (χ2v) is 5.85. The lowest BCUT2D eigenvalue weighted by Gasteiger charge is -2.26. The smallest absolute Gasteiger partial charge is 0.345 e. The first-order chi connectivity index (χ1) is 11.7. The number of fused-ring (bicyclic) bond motifs is 1. The predicted molar refractivity (Wildman–Crippen MR) is 90.7 cm³/mol. The molecular formula is C21H16O3. The van der Waals surface area contributed by atoms with Crippen molar-refractivity contribution in [3.63, 3.8) is 0 Å². The van der Waals surface area contributed by atoms with Gasteiger partial charge in [-0.1, -0.05) is 84.9 Å². The van der Waals surface area contributed by atoms with Crippen molar-refractivity contribution >= 4 is 5.97 Å². The van der Waals surface area contributed by atoms with Crippen molar-refractivity contribution in [2.45, 2.75) is 11.7 Å². The van der Waals surface area contributed by atoms with E-state index in [1.54, 1.807) is 12.1 Å². The van der Waals surface area contributed by atoms with Gasteiger partial charge in [0.15, 0.2) is 0 Å². The summed E-state index contributed by atoms with van der Waals surface area (Å²) in [6, 6.07) is 26.4. The molecular weight excluding hydrogens is 300 g/mol. The van der Waals surface area contributed by atoms with Crippen LogP contribution >= 0.6 is 0 Å². The number of aliphatic carboxylic acids is 1. The molecule has 2 unspecified atom stereocenters. The standard InChI is InChI=1S/C21H16O3/c22-20(23)21(16-11-5-2-6-12-16)18-14-8-7-13-17(18)19(24-21)15-9-3-1-4-10-15/h1-14,19H,(H,22,23). The van der Waals surface area contributed by atoms with E-state index in [-0.39, 0.29) is 0 Å². The van der Waals surface area contributed by atoms with E-state index in [1.807, 2.05) is 72.8 Å². The van der Waals surface area contributed by atoms with Gasteiger partial charge in [0.2, 0.25) is 5.60 Å². The largest absolute Gasteiger partial charge is 0.479 e. The number of carbonyl (C=O) groups is 1. The van der Waals surface area contributed by atoms with Crippen LogP contribution in [0.25, 0.3) is 0 Å². The molecule has 24 heavy (non-hydrogen) atoms. The van der Waals surface area contributed by atoms with Crippen molar-refractivity contribution in [1.82, 2.24) is 0 Å². The molecule has 3 aromatic carbocycles. The van der Waals surface area contributed by atoms with Gasteiger partial charge in [-0.3, -0.25) is 0 Å². The highest BCUT2D eigenvalue weighted by Gasteiger charge is 2.52. The number of hydrogen-bond donors (Lipinski definition) is 1. The second-order valence-electron chi connectivity index (χ2n) is 5.85. The first kappa shape index (κ1) is 14.7. The van der Waals surface area contributed by atoms with Gasteiger partial charge in [-0.25, -0.2) is 4.79 Å². The van der Waals surface area contributed by atoms with Crippen LogP contribution < -0.4 is 0 Å². The van der Waals surface area contributed by atoms with E-state index in [9.17, 15) is 9.90 Å². The molecule has 3 aromatic rings. The summed E-state index contributed by atoms with van der Waals surface area (Å²) in [6.45, 7) is 0. The van der Waals surface area contributed by atoms with Gasteiger partial charge in [0.25, 0.3) is 0 Å². The van der Waals surface area contributed by atoms with Crippen LogP contribution in [0.2, 0.25) is 0 Å². The quantitative estimate of drug-likeness (QED) is 0.790. The lowest BCUT2D eigenvalue weighted by atomic mass is 9.85. The molecule has 0 aromatic heterocycles. The number of benzene rings is 3. The molecule has 0 spiro atoms. The van der Waals surface area contributed by atoms with Crippen LogP contribution in [0.3, 0.4) is 0 Å². The Labute approximate surface area is 140 Å². The van der Waals surface area contributed by atoms with Gasteiger partial charge in [-0.05, 0) is 16.7 Å². The minimum Gasteiger partial charge on any atom is -0.479 e. The van der Waals surface area contributed by atoms with Crippen LogP contribution in [0.15, 0.2) is 84.9 Å². The molecule has 0 saturated heterocycles. The Kier molecular flexibility index (Phi) is 3.44. The average molecular weight is 316 g/mol. The monoisotopic (exact) mass is 316 g/mol. The minimum absolute atomic E-state index is 0.404. The number of hydrogen-bond acceptors (Lipinski definition) is 2. The van der Waals surface area contributed by atoms with E-state index < -0.39 is 17.7 Å². The minimum atomic E-state index is -1.49. The summed E-state index contributed by atoms with van der Waals surface area (Å²) in [5, 5.41) is 10.1. The van der Waals surface area contributed by atoms with Crippen LogP contribution in [-0.2, 0) is 15.1 Å². The van der Waals surface area contributed by atoms with Gasteiger partial charge in [-0.15, -0.1) is 0 Å². The second kappa shape index (κ2) is 5.62. The zero-order valence-electron chi connectivity index (χ0n) is 12.9. The van der Waals surface area contributed by atoms with Gasteiger partial charge < -0.3 is 9.84 Å². The van der Waals surface area contributed by atoms with E-state index in [2.05, 4.69) is 0 Å². The van der Waals surface area contributed by atoms with Crippen LogP contribution in [-0.4, -0.2) is 11.1 Å². The molecule has 1 aliphatic rings. The molecule has 1 aliphatic heterocycles. The molecule has 1 N–H and O–H groups in total. The summed E-state index contributed by atoms with van der Waals surface area (Å²) in [6.07, 6.45) is -0.404. The molecule has 3 heteroatoms. The van der Waals surface area contributed by atoms with Crippen molar-refractivity contribution in [2.75, 3.05) is 0 Å². The Morgan fingerprint density at radius 1 is 0.833 bits per heavy atom. The summed E-state index contributed by atoms with van der Waals surface area (Å²) in [4.78, 5) is 12.3. The molecule has 3 nitrogen and oxygen atoms in total. The van der Waals surface area contributed by atoms with Gasteiger partial charge in [0.05, 0.1) is 0 Å². The van der Waals surface area contributed by atoms with Crippen molar-refractivity contribution in [1.29, 1.82) is 0 Å². The maximum atomic E-state index is 12.3. The van der Waals surface area contributed by atoms with Crippen molar-refractivity contribution in [3.05, 3.63) is 107 Å². The molecule has 0 fully saturated rings. The Bertz CT molecular complexity index is 874. The average Bonchev–Trinajstić information content (AvgIpc) is 3.00. The van der Waals surface area contributed by atoms with Crippen LogP contribution in [0, 0.1) is 0 Å². The third-order valence-electron chi connectivity index (χ3n) is 4.50. The summed E-state index contributed by atoms with van der Waals surface area (Å²) < 4.78 is 6.25. The third-order valence-corrected chi connectivity index (χ3v) is 4.50. The molecule has 0 bridgehead atoms. The highest BCUT2D eigenvalue weighted by Crippen LogP contribution is 2.49. The van der Waals surface area contributed by atoms with Crippen molar-refractivity contribution in [2.24, 2.45) is 0 Å². The number of ether oxygens (including phenoxy) is 1. The highest BCUT2D eigenvalue weighted by molar-refractivity contribution is 5.86. The maximum Gasteiger partial charge on any atom is 0.345 e. The van der Waals surface area contributed by atoms with Gasteiger partial charge in [-0.2, -0.15) is 0 Å². The Morgan fingerprint density at radius 2 is 1.42 bits per heavy atom. The Balaban J connectivity index is 1.96. The molecule has 0 aliphatic carbocycles. The normalized spacial score (nSPS) is 22.1. The summed E-state index contributed by atoms with van der Waals surface area (Å²) in [7, 11) is 0. The fraction of sp³-hybridized carbons (Fsp3) is 0.0952. The fourth-order valence-electron chi connectivity index (χ4n) is 3.41. The van der Waals surface area contributed by atoms with E-state index in [0.717, 1.165) is 11.1 Å². The van der Waals surface area contributed by atoms with Crippen LogP contribution in [0.1, 0.15) is 28.4 Å². The number of rotatable bonds is 3. The predicted octanol–water partition coefficient (Wildman–Crippen LogP) is 4.13.